The molecule has 0 radical (unpaired) electrons. The lowest BCUT2D eigenvalue weighted by Crippen LogP contribution is -2.05. The molecule has 8 heteroatoms. The molecule has 9 aromatic carbocycles. The van der Waals surface area contributed by atoms with Crippen LogP contribution in [0.4, 0.5) is 13.2 Å². The lowest BCUT2D eigenvalue weighted by molar-refractivity contribution is -0.137. The van der Waals surface area contributed by atoms with Gasteiger partial charge in [-0.2, -0.15) is 18.4 Å². The predicted octanol–water partition coefficient (Wildman–Crippen LogP) is 17.1. The van der Waals surface area contributed by atoms with Gasteiger partial charge in [0, 0.05) is 73.0 Å². The first-order valence-electron chi connectivity index (χ1n) is 21.3. The first kappa shape index (κ1) is 37.8. The molecule has 0 saturated carbocycles. The molecule has 3 nitrogen and oxygen atoms in total. The zero-order chi connectivity index (χ0) is 43.7. The van der Waals surface area contributed by atoms with Crippen molar-refractivity contribution in [3.8, 4) is 39.7 Å². The molecular weight excluding hydrogens is 848 g/mol. The molecular formula is C57H32F3N3S2. The molecule has 4 heterocycles. The van der Waals surface area contributed by atoms with Crippen molar-refractivity contribution in [3.63, 3.8) is 0 Å². The average molecular weight is 880 g/mol. The summed E-state index contributed by atoms with van der Waals surface area (Å²) in [6, 6.07) is 61.4. The molecule has 0 amide bonds. The van der Waals surface area contributed by atoms with E-state index in [1.54, 1.807) is 35.7 Å². The molecule has 0 spiro atoms. The number of nitrogens with zero attached hydrogens (tertiary/aromatic N) is 3. The van der Waals surface area contributed by atoms with Gasteiger partial charge in [0.2, 0.25) is 0 Å². The fourth-order valence-electron chi connectivity index (χ4n) is 10.3. The molecule has 0 aliphatic rings. The zero-order valence-electron chi connectivity index (χ0n) is 34.5. The number of halogens is 3. The zero-order valence-corrected chi connectivity index (χ0v) is 36.2. The maximum Gasteiger partial charge on any atom is 0.416 e. The summed E-state index contributed by atoms with van der Waals surface area (Å²) in [6.45, 7) is 1.73. The van der Waals surface area contributed by atoms with E-state index in [1.165, 1.54) is 51.8 Å². The van der Waals surface area contributed by atoms with Crippen molar-refractivity contribution in [2.45, 2.75) is 13.1 Å². The van der Waals surface area contributed by atoms with Crippen molar-refractivity contribution in [2.75, 3.05) is 0 Å². The molecule has 0 atom stereocenters. The second kappa shape index (κ2) is 13.9. The van der Waals surface area contributed by atoms with E-state index in [0.717, 1.165) is 72.4 Å². The molecule has 0 unspecified atom stereocenters. The second-order valence-electron chi connectivity index (χ2n) is 16.7. The Morgan fingerprint density at radius 3 is 1.51 bits per heavy atom. The van der Waals surface area contributed by atoms with Crippen LogP contribution in [-0.4, -0.2) is 9.13 Å². The molecule has 0 N–H and O–H groups in total. The standard InChI is InChI=1S/C57H32F3N3S2/c1-32-28-35(57(58,59)60)20-21-36(32)34-19-25-48(63-46-15-7-3-13-42(46)54-50(63)27-23-40-38-11-5-9-17-52(38)65-56(40)54)44(30-34)43-29-33(31-61)18-24-47(43)62-45-14-6-2-12-41(45)53-49(62)26-22-39-37-10-4-8-16-51(37)64-55(39)53/h2-30H,1H3. The highest BCUT2D eigenvalue weighted by molar-refractivity contribution is 7.27. The highest BCUT2D eigenvalue weighted by Crippen LogP contribution is 2.48. The van der Waals surface area contributed by atoms with Crippen molar-refractivity contribution in [1.82, 2.24) is 9.13 Å². The quantitative estimate of drug-likeness (QED) is 0.173. The van der Waals surface area contributed by atoms with Crippen LogP contribution in [-0.2, 0) is 6.18 Å². The normalized spacial score (nSPS) is 12.3. The van der Waals surface area contributed by atoms with E-state index < -0.39 is 11.7 Å². The third kappa shape index (κ3) is 5.53. The highest BCUT2D eigenvalue weighted by Gasteiger charge is 2.31. The smallest absolute Gasteiger partial charge is 0.309 e. The SMILES string of the molecule is Cc1cc(C(F)(F)F)ccc1-c1ccc(-n2c3ccccc3c3c4sc5ccccc5c4ccc32)c(-c2cc(C#N)ccc2-n2c3ccccc3c3c4sc5ccccc5c4ccc32)c1. The van der Waals surface area contributed by atoms with Crippen molar-refractivity contribution in [1.29, 1.82) is 5.26 Å². The Balaban J connectivity index is 1.15. The van der Waals surface area contributed by atoms with Crippen LogP contribution in [0.15, 0.2) is 176 Å². The number of rotatable bonds is 4. The molecule has 0 fully saturated rings. The Labute approximate surface area is 377 Å². The van der Waals surface area contributed by atoms with Crippen molar-refractivity contribution >= 4 is 107 Å². The molecule has 4 aromatic heterocycles. The number of hydrogen-bond donors (Lipinski definition) is 0. The Morgan fingerprint density at radius 2 is 0.969 bits per heavy atom. The second-order valence-corrected chi connectivity index (χ2v) is 18.8. The topological polar surface area (TPSA) is 33.6 Å². The summed E-state index contributed by atoms with van der Waals surface area (Å²) in [6.07, 6.45) is -4.47. The van der Waals surface area contributed by atoms with Gasteiger partial charge in [0.1, 0.15) is 0 Å². The number of aryl methyl sites for hydroxylation is 1. The van der Waals surface area contributed by atoms with Gasteiger partial charge in [0.05, 0.1) is 50.6 Å². The van der Waals surface area contributed by atoms with E-state index >= 15 is 0 Å². The van der Waals surface area contributed by atoms with E-state index in [-0.39, 0.29) is 0 Å². The number of thiophene rings is 2. The molecule has 65 heavy (non-hydrogen) atoms. The van der Waals surface area contributed by atoms with Gasteiger partial charge >= 0.3 is 6.18 Å². The summed E-state index contributed by atoms with van der Waals surface area (Å²) >= 11 is 3.60. The first-order valence-corrected chi connectivity index (χ1v) is 22.9. The van der Waals surface area contributed by atoms with Gasteiger partial charge in [-0.3, -0.25) is 0 Å². The van der Waals surface area contributed by atoms with Crippen LogP contribution in [0.5, 0.6) is 0 Å². The Hall–Kier alpha value is -7.70. The highest BCUT2D eigenvalue weighted by atomic mass is 32.1. The summed E-state index contributed by atoms with van der Waals surface area (Å²) in [5, 5.41) is 20.0. The summed E-state index contributed by atoms with van der Waals surface area (Å²) in [5.74, 6) is 0. The van der Waals surface area contributed by atoms with Crippen molar-refractivity contribution < 1.29 is 13.2 Å². The van der Waals surface area contributed by atoms with Crippen LogP contribution >= 0.6 is 22.7 Å². The van der Waals surface area contributed by atoms with E-state index in [2.05, 4.69) is 149 Å². The van der Waals surface area contributed by atoms with Gasteiger partial charge in [0.25, 0.3) is 0 Å². The van der Waals surface area contributed by atoms with Crippen molar-refractivity contribution in [2.24, 2.45) is 0 Å². The van der Waals surface area contributed by atoms with E-state index in [9.17, 15) is 18.4 Å². The molecule has 13 aromatic rings. The van der Waals surface area contributed by atoms with Gasteiger partial charge < -0.3 is 9.13 Å². The lowest BCUT2D eigenvalue weighted by atomic mass is 9.92. The van der Waals surface area contributed by atoms with Crippen LogP contribution in [0, 0.1) is 18.3 Å². The minimum absolute atomic E-state index is 0.493. The fourth-order valence-corrected chi connectivity index (χ4v) is 12.8. The van der Waals surface area contributed by atoms with Crippen LogP contribution in [0.3, 0.4) is 0 Å². The third-order valence-corrected chi connectivity index (χ3v) is 15.5. The summed E-state index contributed by atoms with van der Waals surface area (Å²) < 4.78 is 51.5. The van der Waals surface area contributed by atoms with E-state index in [0.29, 0.717) is 16.7 Å². The number of hydrogen-bond acceptors (Lipinski definition) is 3. The fraction of sp³-hybridized carbons (Fsp3) is 0.0351. The van der Waals surface area contributed by atoms with Gasteiger partial charge in [0.15, 0.2) is 0 Å². The van der Waals surface area contributed by atoms with Gasteiger partial charge in [-0.15, -0.1) is 22.7 Å². The predicted molar refractivity (Wildman–Crippen MR) is 266 cm³/mol. The number of alkyl halides is 3. The van der Waals surface area contributed by atoms with E-state index in [1.807, 2.05) is 24.3 Å². The molecule has 13 rings (SSSR count). The minimum atomic E-state index is -4.47. The molecule has 0 aliphatic heterocycles. The average Bonchev–Trinajstić information content (AvgIpc) is 4.08. The maximum atomic E-state index is 14.0. The number of fused-ring (bicyclic) bond motifs is 14. The maximum absolute atomic E-state index is 14.0. The van der Waals surface area contributed by atoms with Gasteiger partial charge in [-0.1, -0.05) is 97.1 Å². The number of benzene rings is 9. The van der Waals surface area contributed by atoms with Crippen LogP contribution < -0.4 is 0 Å². The van der Waals surface area contributed by atoms with Gasteiger partial charge in [-0.05, 0) is 102 Å². The monoisotopic (exact) mass is 879 g/mol. The molecule has 308 valence electrons. The van der Waals surface area contributed by atoms with Crippen LogP contribution in [0.2, 0.25) is 0 Å². The van der Waals surface area contributed by atoms with Crippen LogP contribution in [0.1, 0.15) is 16.7 Å². The number of nitriles is 1. The molecule has 0 saturated heterocycles. The number of aromatic nitrogens is 2. The molecule has 0 aliphatic carbocycles. The largest absolute Gasteiger partial charge is 0.416 e. The summed E-state index contributed by atoms with van der Waals surface area (Å²) in [7, 11) is 0. The Bertz CT molecular complexity index is 4210. The Morgan fingerprint density at radius 1 is 0.462 bits per heavy atom. The first-order chi connectivity index (χ1) is 31.7. The van der Waals surface area contributed by atoms with Crippen LogP contribution in [0.25, 0.3) is 118 Å². The Kier molecular flexibility index (Phi) is 8.09. The third-order valence-electron chi connectivity index (χ3n) is 13.1. The van der Waals surface area contributed by atoms with Gasteiger partial charge in [-0.25, -0.2) is 0 Å². The van der Waals surface area contributed by atoms with E-state index in [4.69, 9.17) is 0 Å². The summed E-state index contributed by atoms with van der Waals surface area (Å²) in [4.78, 5) is 0. The minimum Gasteiger partial charge on any atom is -0.309 e. The van der Waals surface area contributed by atoms with Crippen molar-refractivity contribution in [3.05, 3.63) is 193 Å². The number of para-hydroxylation sites is 2. The summed E-state index contributed by atoms with van der Waals surface area (Å²) in [5.41, 5.74) is 9.33. The molecule has 0 bridgehead atoms. The lowest BCUT2D eigenvalue weighted by Gasteiger charge is -2.20.